The fourth-order valence-corrected chi connectivity index (χ4v) is 4.30. The highest BCUT2D eigenvalue weighted by molar-refractivity contribution is 5.85. The fraction of sp³-hybridized carbons (Fsp3) is 0.250. The van der Waals surface area contributed by atoms with E-state index in [4.69, 9.17) is 9.26 Å². The molecule has 0 amide bonds. The number of carboxylic acid groups (broad SMARTS) is 1. The second-order valence-corrected chi connectivity index (χ2v) is 8.78. The third-order valence-corrected chi connectivity index (χ3v) is 6.55. The molecule has 0 aliphatic heterocycles. The van der Waals surface area contributed by atoms with E-state index in [2.05, 4.69) is 22.3 Å². The number of hydrogen-bond acceptors (Lipinski definition) is 5. The van der Waals surface area contributed by atoms with E-state index in [1.54, 1.807) is 12.4 Å². The Kier molecular flexibility index (Phi) is 5.99. The topological polar surface area (TPSA) is 85.5 Å². The minimum absolute atomic E-state index is 0.522. The van der Waals surface area contributed by atoms with Crippen LogP contribution in [-0.4, -0.2) is 27.8 Å². The van der Waals surface area contributed by atoms with E-state index in [0.29, 0.717) is 32.5 Å². The summed E-state index contributed by atoms with van der Waals surface area (Å²) in [5.41, 5.74) is 6.24. The lowest BCUT2D eigenvalue weighted by molar-refractivity contribution is -0.140. The van der Waals surface area contributed by atoms with Crippen LogP contribution in [0.25, 0.3) is 22.5 Å². The molecule has 0 saturated heterocycles. The Morgan fingerprint density at radius 2 is 1.71 bits per heavy atom. The zero-order chi connectivity index (χ0) is 23.5. The second-order valence-electron chi connectivity index (χ2n) is 8.78. The van der Waals surface area contributed by atoms with E-state index < -0.39 is 11.4 Å². The van der Waals surface area contributed by atoms with Crippen LogP contribution in [0.15, 0.2) is 77.6 Å². The van der Waals surface area contributed by atoms with Crippen molar-refractivity contribution in [1.82, 2.24) is 10.1 Å². The molecule has 6 heteroatoms. The molecule has 5 rings (SSSR count). The lowest BCUT2D eigenvalue weighted by Crippen LogP contribution is -2.19. The molecule has 6 nitrogen and oxygen atoms in total. The van der Waals surface area contributed by atoms with Gasteiger partial charge in [-0.25, -0.2) is 0 Å². The Morgan fingerprint density at radius 3 is 2.32 bits per heavy atom. The van der Waals surface area contributed by atoms with Gasteiger partial charge in [0, 0.05) is 29.9 Å². The molecular weight excluding hydrogens is 428 g/mol. The number of aryl methyl sites for hydroxylation is 1. The number of nitrogens with zero attached hydrogens (tertiary/aromatic N) is 2. The summed E-state index contributed by atoms with van der Waals surface area (Å²) in [6, 6.07) is 19.9. The number of aliphatic carboxylic acids is 1. The van der Waals surface area contributed by atoms with Crippen LogP contribution >= 0.6 is 0 Å². The molecule has 0 unspecified atom stereocenters. The molecular formula is C28H26N2O4. The molecule has 0 radical (unpaired) electrons. The smallest absolute Gasteiger partial charge is 0.314 e. The summed E-state index contributed by atoms with van der Waals surface area (Å²) < 4.78 is 11.5. The maximum Gasteiger partial charge on any atom is 0.314 e. The number of benzene rings is 2. The molecule has 2 aromatic heterocycles. The standard InChI is InChI=1S/C28H26N2O4/c1-19-25(12-16-33-18-20-3-2-15-29-17-20)26(34-30-19)23-6-4-21(5-7-23)22-8-10-24(11-9-22)28(13-14-28)27(31)32/h2-11,15,17H,12-14,16,18H2,1H3,(H,31,32). The van der Waals surface area contributed by atoms with Crippen molar-refractivity contribution in [2.24, 2.45) is 0 Å². The van der Waals surface area contributed by atoms with Gasteiger partial charge in [0.05, 0.1) is 24.3 Å². The zero-order valence-electron chi connectivity index (χ0n) is 19.0. The Labute approximate surface area is 198 Å². The minimum Gasteiger partial charge on any atom is -0.481 e. The van der Waals surface area contributed by atoms with Gasteiger partial charge in [-0.3, -0.25) is 9.78 Å². The predicted molar refractivity (Wildman–Crippen MR) is 128 cm³/mol. The number of hydrogen-bond donors (Lipinski definition) is 1. The first kappa shape index (κ1) is 22.0. The van der Waals surface area contributed by atoms with Crippen molar-refractivity contribution in [1.29, 1.82) is 0 Å². The van der Waals surface area contributed by atoms with E-state index in [9.17, 15) is 9.90 Å². The van der Waals surface area contributed by atoms with Gasteiger partial charge < -0.3 is 14.4 Å². The third kappa shape index (κ3) is 4.37. The maximum atomic E-state index is 11.6. The van der Waals surface area contributed by atoms with Gasteiger partial charge in [0.25, 0.3) is 0 Å². The van der Waals surface area contributed by atoms with Crippen LogP contribution in [0.3, 0.4) is 0 Å². The van der Waals surface area contributed by atoms with Gasteiger partial charge in [0.1, 0.15) is 0 Å². The molecule has 34 heavy (non-hydrogen) atoms. The van der Waals surface area contributed by atoms with Crippen LogP contribution in [0.4, 0.5) is 0 Å². The number of pyridine rings is 1. The van der Waals surface area contributed by atoms with Gasteiger partial charge in [-0.05, 0) is 48.1 Å². The van der Waals surface area contributed by atoms with Crippen molar-refractivity contribution >= 4 is 5.97 Å². The quantitative estimate of drug-likeness (QED) is 0.332. The molecule has 1 N–H and O–H groups in total. The van der Waals surface area contributed by atoms with Crippen LogP contribution in [0.2, 0.25) is 0 Å². The van der Waals surface area contributed by atoms with Crippen LogP contribution < -0.4 is 0 Å². The summed E-state index contributed by atoms with van der Waals surface area (Å²) in [5.74, 6) is 0.0340. The molecule has 0 bridgehead atoms. The Hall–Kier alpha value is -3.77. The van der Waals surface area contributed by atoms with Crippen LogP contribution in [0, 0.1) is 6.92 Å². The van der Waals surface area contributed by atoms with Crippen molar-refractivity contribution in [3.05, 3.63) is 95.4 Å². The summed E-state index contributed by atoms with van der Waals surface area (Å²) in [6.07, 6.45) is 5.69. The number of ether oxygens (including phenoxy) is 1. The van der Waals surface area contributed by atoms with Crippen molar-refractivity contribution in [3.8, 4) is 22.5 Å². The molecule has 1 aliphatic carbocycles. The Bertz CT molecular complexity index is 1270. The molecule has 2 aromatic carbocycles. The molecule has 1 fully saturated rings. The number of carboxylic acids is 1. The van der Waals surface area contributed by atoms with Gasteiger partial charge in [-0.2, -0.15) is 0 Å². The molecule has 0 spiro atoms. The zero-order valence-corrected chi connectivity index (χ0v) is 19.0. The molecule has 1 aliphatic rings. The van der Waals surface area contributed by atoms with E-state index in [1.165, 1.54) is 0 Å². The van der Waals surface area contributed by atoms with E-state index >= 15 is 0 Å². The summed E-state index contributed by atoms with van der Waals surface area (Å²) in [4.78, 5) is 15.7. The number of rotatable bonds is 9. The number of carbonyl (C=O) groups is 1. The Balaban J connectivity index is 1.26. The maximum absolute atomic E-state index is 11.6. The van der Waals surface area contributed by atoms with Gasteiger partial charge in [-0.1, -0.05) is 59.8 Å². The summed E-state index contributed by atoms with van der Waals surface area (Å²) >= 11 is 0. The second kappa shape index (κ2) is 9.23. The van der Waals surface area contributed by atoms with Gasteiger partial charge in [0.15, 0.2) is 5.76 Å². The first-order chi connectivity index (χ1) is 16.6. The fourth-order valence-electron chi connectivity index (χ4n) is 4.30. The normalized spacial score (nSPS) is 14.1. The average molecular weight is 455 g/mol. The van der Waals surface area contributed by atoms with Gasteiger partial charge in [-0.15, -0.1) is 0 Å². The average Bonchev–Trinajstić information content (AvgIpc) is 3.61. The SMILES string of the molecule is Cc1noc(-c2ccc(-c3ccc(C4(C(=O)O)CC4)cc3)cc2)c1CCOCc1cccnc1. The monoisotopic (exact) mass is 454 g/mol. The summed E-state index contributed by atoms with van der Waals surface area (Å²) in [7, 11) is 0. The van der Waals surface area contributed by atoms with Crippen molar-refractivity contribution in [3.63, 3.8) is 0 Å². The van der Waals surface area contributed by atoms with Gasteiger partial charge in [0.2, 0.25) is 0 Å². The van der Waals surface area contributed by atoms with E-state index in [-0.39, 0.29) is 0 Å². The minimum atomic E-state index is -0.731. The summed E-state index contributed by atoms with van der Waals surface area (Å²) in [6.45, 7) is 3.03. The highest BCUT2D eigenvalue weighted by atomic mass is 16.5. The highest BCUT2D eigenvalue weighted by Gasteiger charge is 2.51. The van der Waals surface area contributed by atoms with Crippen molar-refractivity contribution in [2.75, 3.05) is 6.61 Å². The first-order valence-corrected chi connectivity index (χ1v) is 11.4. The molecule has 172 valence electrons. The largest absolute Gasteiger partial charge is 0.481 e. The first-order valence-electron chi connectivity index (χ1n) is 11.4. The van der Waals surface area contributed by atoms with Crippen molar-refractivity contribution in [2.45, 2.75) is 38.2 Å². The summed E-state index contributed by atoms with van der Waals surface area (Å²) in [5, 5.41) is 13.7. The van der Waals surface area contributed by atoms with Gasteiger partial charge >= 0.3 is 5.97 Å². The molecule has 1 saturated carbocycles. The Morgan fingerprint density at radius 1 is 1.03 bits per heavy atom. The van der Waals surface area contributed by atoms with Crippen LogP contribution in [0.5, 0.6) is 0 Å². The predicted octanol–water partition coefficient (Wildman–Crippen LogP) is 5.59. The highest BCUT2D eigenvalue weighted by Crippen LogP contribution is 2.48. The molecule has 0 atom stereocenters. The third-order valence-electron chi connectivity index (χ3n) is 6.55. The number of aromatic nitrogens is 2. The lowest BCUT2D eigenvalue weighted by atomic mass is 9.93. The van der Waals surface area contributed by atoms with Crippen LogP contribution in [0.1, 0.15) is 35.2 Å². The molecule has 2 heterocycles. The van der Waals surface area contributed by atoms with Crippen LogP contribution in [-0.2, 0) is 28.0 Å². The van der Waals surface area contributed by atoms with Crippen molar-refractivity contribution < 1.29 is 19.2 Å². The van der Waals surface area contributed by atoms with E-state index in [1.807, 2.05) is 55.5 Å². The molecule has 4 aromatic rings. The lowest BCUT2D eigenvalue weighted by Gasteiger charge is -2.11. The van der Waals surface area contributed by atoms with E-state index in [0.717, 1.165) is 44.8 Å².